The molecule has 0 atom stereocenters. The number of hydrogen-bond acceptors (Lipinski definition) is 6. The Bertz CT molecular complexity index is 1190. The van der Waals surface area contributed by atoms with Gasteiger partial charge >= 0.3 is 5.97 Å². The van der Waals surface area contributed by atoms with E-state index in [1.165, 1.54) is 4.80 Å². The van der Waals surface area contributed by atoms with Crippen LogP contribution >= 0.6 is 0 Å². The van der Waals surface area contributed by atoms with E-state index < -0.39 is 0 Å². The standard InChI is InChI=1S/C24H19N5O2/c25-17-18-8-10-19(11-9-18)20-12-14-22(15-13-20)31-23(30)7-4-16-29-27-24(26-28-29)21-5-2-1-3-6-21/h1-3,5-6,8-15H,4,7,16H2. The number of nitrogens with zero attached hydrogens (tertiary/aromatic N) is 5. The molecule has 1 heterocycles. The average molecular weight is 409 g/mol. The van der Waals surface area contributed by atoms with E-state index in [9.17, 15) is 4.79 Å². The molecule has 0 aliphatic heterocycles. The van der Waals surface area contributed by atoms with Crippen LogP contribution in [0.15, 0.2) is 78.9 Å². The summed E-state index contributed by atoms with van der Waals surface area (Å²) in [5.74, 6) is 0.743. The van der Waals surface area contributed by atoms with E-state index in [1.807, 2.05) is 54.6 Å². The van der Waals surface area contributed by atoms with Crippen molar-refractivity contribution in [3.05, 3.63) is 84.4 Å². The molecule has 0 bridgehead atoms. The molecule has 0 unspecified atom stereocenters. The van der Waals surface area contributed by atoms with Gasteiger partial charge in [-0.15, -0.1) is 10.2 Å². The highest BCUT2D eigenvalue weighted by atomic mass is 16.5. The summed E-state index contributed by atoms with van der Waals surface area (Å²) in [4.78, 5) is 13.6. The molecule has 7 heteroatoms. The number of carbonyl (C=O) groups excluding carboxylic acids is 1. The maximum atomic E-state index is 12.1. The van der Waals surface area contributed by atoms with Crippen molar-refractivity contribution in [2.45, 2.75) is 19.4 Å². The first-order valence-corrected chi connectivity index (χ1v) is 9.86. The molecule has 0 amide bonds. The molecule has 0 radical (unpaired) electrons. The zero-order valence-corrected chi connectivity index (χ0v) is 16.7. The lowest BCUT2D eigenvalue weighted by Gasteiger charge is -2.06. The highest BCUT2D eigenvalue weighted by Gasteiger charge is 2.08. The third-order valence-corrected chi connectivity index (χ3v) is 4.66. The Kier molecular flexibility index (Phi) is 6.10. The Morgan fingerprint density at radius 1 is 0.903 bits per heavy atom. The van der Waals surface area contributed by atoms with Crippen LogP contribution in [0, 0.1) is 11.3 Å². The van der Waals surface area contributed by atoms with Gasteiger partial charge in [0.05, 0.1) is 18.2 Å². The van der Waals surface area contributed by atoms with Crippen LogP contribution in [-0.2, 0) is 11.3 Å². The van der Waals surface area contributed by atoms with Gasteiger partial charge in [0.1, 0.15) is 5.75 Å². The largest absolute Gasteiger partial charge is 0.427 e. The summed E-state index contributed by atoms with van der Waals surface area (Å²) in [7, 11) is 0. The number of rotatable bonds is 7. The van der Waals surface area contributed by atoms with Crippen LogP contribution in [0.5, 0.6) is 5.75 Å². The molecule has 3 aromatic carbocycles. The summed E-state index contributed by atoms with van der Waals surface area (Å²) in [5, 5.41) is 21.3. The van der Waals surface area contributed by atoms with Crippen molar-refractivity contribution in [1.29, 1.82) is 5.26 Å². The summed E-state index contributed by atoms with van der Waals surface area (Å²) < 4.78 is 5.41. The summed E-state index contributed by atoms with van der Waals surface area (Å²) in [6.45, 7) is 0.479. The third kappa shape index (κ3) is 5.19. The van der Waals surface area contributed by atoms with E-state index in [0.717, 1.165) is 16.7 Å². The maximum absolute atomic E-state index is 12.1. The second-order valence-electron chi connectivity index (χ2n) is 6.87. The molecule has 0 N–H and O–H groups in total. The number of nitriles is 1. The van der Waals surface area contributed by atoms with Gasteiger partial charge in [0.2, 0.25) is 5.82 Å². The Hall–Kier alpha value is -4.31. The molecule has 0 spiro atoms. The van der Waals surface area contributed by atoms with Gasteiger partial charge in [0.15, 0.2) is 0 Å². The summed E-state index contributed by atoms with van der Waals surface area (Å²) in [6.07, 6.45) is 0.798. The molecule has 4 aromatic rings. The zero-order chi connectivity index (χ0) is 21.5. The zero-order valence-electron chi connectivity index (χ0n) is 16.7. The summed E-state index contributed by atoms with van der Waals surface area (Å²) >= 11 is 0. The van der Waals surface area contributed by atoms with Gasteiger partial charge in [-0.2, -0.15) is 10.1 Å². The van der Waals surface area contributed by atoms with Crippen molar-refractivity contribution < 1.29 is 9.53 Å². The quantitative estimate of drug-likeness (QED) is 0.334. The molecule has 4 rings (SSSR count). The van der Waals surface area contributed by atoms with Crippen molar-refractivity contribution in [2.24, 2.45) is 0 Å². The number of aromatic nitrogens is 4. The van der Waals surface area contributed by atoms with Crippen molar-refractivity contribution >= 4 is 5.97 Å². The number of hydrogen-bond donors (Lipinski definition) is 0. The highest BCUT2D eigenvalue weighted by Crippen LogP contribution is 2.23. The van der Waals surface area contributed by atoms with Crippen molar-refractivity contribution in [3.8, 4) is 34.3 Å². The fourth-order valence-corrected chi connectivity index (χ4v) is 3.04. The van der Waals surface area contributed by atoms with E-state index in [-0.39, 0.29) is 12.4 Å². The lowest BCUT2D eigenvalue weighted by atomic mass is 10.0. The Balaban J connectivity index is 1.26. The molecule has 7 nitrogen and oxygen atoms in total. The predicted octanol–water partition coefficient (Wildman–Crippen LogP) is 4.26. The molecular weight excluding hydrogens is 390 g/mol. The second-order valence-corrected chi connectivity index (χ2v) is 6.87. The molecule has 0 aliphatic carbocycles. The van der Waals surface area contributed by atoms with Gasteiger partial charge in [-0.25, -0.2) is 0 Å². The molecule has 31 heavy (non-hydrogen) atoms. The van der Waals surface area contributed by atoms with Crippen LogP contribution in [0.4, 0.5) is 0 Å². The molecule has 0 saturated heterocycles. The van der Waals surface area contributed by atoms with E-state index in [1.54, 1.807) is 24.3 Å². The number of carbonyl (C=O) groups is 1. The van der Waals surface area contributed by atoms with E-state index >= 15 is 0 Å². The van der Waals surface area contributed by atoms with Crippen LogP contribution in [0.3, 0.4) is 0 Å². The van der Waals surface area contributed by atoms with Crippen molar-refractivity contribution in [2.75, 3.05) is 0 Å². The first-order valence-electron chi connectivity index (χ1n) is 9.86. The molecule has 0 saturated carbocycles. The van der Waals surface area contributed by atoms with Gasteiger partial charge in [0, 0.05) is 12.0 Å². The van der Waals surface area contributed by atoms with Gasteiger partial charge < -0.3 is 4.74 Å². The monoisotopic (exact) mass is 409 g/mol. The van der Waals surface area contributed by atoms with E-state index in [0.29, 0.717) is 30.1 Å². The second kappa shape index (κ2) is 9.46. The summed E-state index contributed by atoms with van der Waals surface area (Å²) in [6, 6.07) is 26.3. The highest BCUT2D eigenvalue weighted by molar-refractivity contribution is 5.73. The molecule has 152 valence electrons. The minimum atomic E-state index is -0.311. The molecule has 0 fully saturated rings. The normalized spacial score (nSPS) is 10.4. The van der Waals surface area contributed by atoms with Crippen molar-refractivity contribution in [3.63, 3.8) is 0 Å². The number of aryl methyl sites for hydroxylation is 1. The lowest BCUT2D eigenvalue weighted by molar-refractivity contribution is -0.134. The Morgan fingerprint density at radius 3 is 2.26 bits per heavy atom. The first-order chi connectivity index (χ1) is 15.2. The van der Waals surface area contributed by atoms with Crippen LogP contribution in [0.25, 0.3) is 22.5 Å². The maximum Gasteiger partial charge on any atom is 0.311 e. The van der Waals surface area contributed by atoms with Gasteiger partial charge in [-0.3, -0.25) is 4.79 Å². The van der Waals surface area contributed by atoms with E-state index in [4.69, 9.17) is 10.00 Å². The lowest BCUT2D eigenvalue weighted by Crippen LogP contribution is -2.10. The predicted molar refractivity (Wildman–Crippen MR) is 115 cm³/mol. The number of ether oxygens (including phenoxy) is 1. The summed E-state index contributed by atoms with van der Waals surface area (Å²) in [5.41, 5.74) is 3.49. The number of esters is 1. The topological polar surface area (TPSA) is 93.7 Å². The number of benzene rings is 3. The smallest absolute Gasteiger partial charge is 0.311 e. The Labute approximate surface area is 179 Å². The number of tetrazole rings is 1. The van der Waals surface area contributed by atoms with Gasteiger partial charge in [-0.1, -0.05) is 54.6 Å². The molecule has 1 aromatic heterocycles. The van der Waals surface area contributed by atoms with Crippen LogP contribution in [-0.4, -0.2) is 26.2 Å². The van der Waals surface area contributed by atoms with Crippen LogP contribution < -0.4 is 4.74 Å². The fraction of sp³-hybridized carbons (Fsp3) is 0.125. The fourth-order valence-electron chi connectivity index (χ4n) is 3.04. The molecular formula is C24H19N5O2. The minimum absolute atomic E-state index is 0.250. The van der Waals surface area contributed by atoms with Crippen molar-refractivity contribution in [1.82, 2.24) is 20.2 Å². The Morgan fingerprint density at radius 2 is 1.58 bits per heavy atom. The SMILES string of the molecule is N#Cc1ccc(-c2ccc(OC(=O)CCCn3nnc(-c4ccccc4)n3)cc2)cc1. The first kappa shape index (κ1) is 20.0. The third-order valence-electron chi connectivity index (χ3n) is 4.66. The van der Waals surface area contributed by atoms with Crippen LogP contribution in [0.2, 0.25) is 0 Å². The average Bonchev–Trinajstić information content (AvgIpc) is 3.29. The van der Waals surface area contributed by atoms with E-state index in [2.05, 4.69) is 21.5 Å². The van der Waals surface area contributed by atoms with Gasteiger partial charge in [0.25, 0.3) is 0 Å². The molecule has 0 aliphatic rings. The minimum Gasteiger partial charge on any atom is -0.427 e. The van der Waals surface area contributed by atoms with Gasteiger partial charge in [-0.05, 0) is 47.0 Å². The van der Waals surface area contributed by atoms with Crippen LogP contribution in [0.1, 0.15) is 18.4 Å².